The second kappa shape index (κ2) is 5.72. The Kier molecular flexibility index (Phi) is 3.42. The lowest BCUT2D eigenvalue weighted by molar-refractivity contribution is -0.123. The van der Waals surface area contributed by atoms with Crippen molar-refractivity contribution in [3.63, 3.8) is 0 Å². The Balaban J connectivity index is 1.37. The second-order valence-corrected chi connectivity index (χ2v) is 5.79. The maximum atomic E-state index is 12.3. The van der Waals surface area contributed by atoms with Gasteiger partial charge in [0.15, 0.2) is 0 Å². The Morgan fingerprint density at radius 1 is 1.13 bits per heavy atom. The van der Waals surface area contributed by atoms with Gasteiger partial charge in [-0.2, -0.15) is 5.10 Å². The summed E-state index contributed by atoms with van der Waals surface area (Å²) >= 11 is 0. The van der Waals surface area contributed by atoms with Crippen molar-refractivity contribution in [3.8, 4) is 5.69 Å². The van der Waals surface area contributed by atoms with E-state index in [9.17, 15) is 4.79 Å². The van der Waals surface area contributed by atoms with Crippen LogP contribution in [0.4, 0.5) is 0 Å². The minimum atomic E-state index is 0.00884. The predicted molar refractivity (Wildman–Crippen MR) is 88.3 cm³/mol. The summed E-state index contributed by atoms with van der Waals surface area (Å²) in [5.41, 5.74) is 4.55. The maximum Gasteiger partial charge on any atom is 0.228 e. The molecule has 1 heterocycles. The van der Waals surface area contributed by atoms with E-state index in [-0.39, 0.29) is 11.8 Å². The molecule has 0 saturated carbocycles. The normalized spacial score (nSPS) is 15.6. The molecule has 0 bridgehead atoms. The summed E-state index contributed by atoms with van der Waals surface area (Å²) in [6.45, 7) is 0.552. The molecule has 23 heavy (non-hydrogen) atoms. The van der Waals surface area contributed by atoms with Gasteiger partial charge in [-0.15, -0.1) is 0 Å². The van der Waals surface area contributed by atoms with Crippen LogP contribution < -0.4 is 5.32 Å². The van der Waals surface area contributed by atoms with Crippen molar-refractivity contribution in [2.45, 2.75) is 18.9 Å². The summed E-state index contributed by atoms with van der Waals surface area (Å²) in [6.07, 6.45) is 4.51. The number of hydrogen-bond acceptors (Lipinski definition) is 2. The third kappa shape index (κ3) is 2.63. The third-order valence-corrected chi connectivity index (χ3v) is 4.34. The van der Waals surface area contributed by atoms with Crippen molar-refractivity contribution < 1.29 is 4.79 Å². The van der Waals surface area contributed by atoms with E-state index < -0.39 is 0 Å². The lowest BCUT2D eigenvalue weighted by Crippen LogP contribution is -2.35. The molecule has 2 aromatic carbocycles. The van der Waals surface area contributed by atoms with Gasteiger partial charge in [0.1, 0.15) is 0 Å². The van der Waals surface area contributed by atoms with Gasteiger partial charge in [0.05, 0.1) is 11.6 Å². The van der Waals surface area contributed by atoms with E-state index in [0.717, 1.165) is 17.7 Å². The molecule has 0 saturated heterocycles. The zero-order chi connectivity index (χ0) is 15.6. The van der Waals surface area contributed by atoms with E-state index >= 15 is 0 Å². The highest BCUT2D eigenvalue weighted by atomic mass is 16.1. The maximum absolute atomic E-state index is 12.3. The Bertz CT molecular complexity index is 822. The van der Waals surface area contributed by atoms with E-state index in [1.165, 1.54) is 11.1 Å². The first-order valence-electron chi connectivity index (χ1n) is 7.76. The zero-order valence-corrected chi connectivity index (χ0v) is 12.6. The van der Waals surface area contributed by atoms with Gasteiger partial charge >= 0.3 is 0 Å². The molecule has 0 fully saturated rings. The Hall–Kier alpha value is -2.88. The quantitative estimate of drug-likeness (QED) is 0.805. The van der Waals surface area contributed by atoms with Crippen LogP contribution in [-0.2, 0) is 17.8 Å². The summed E-state index contributed by atoms with van der Waals surface area (Å²) in [5.74, 6) is 0.120. The van der Waals surface area contributed by atoms with Crippen LogP contribution in [0.15, 0.2) is 67.0 Å². The second-order valence-electron chi connectivity index (χ2n) is 5.79. The lowest BCUT2D eigenvalue weighted by atomic mass is 9.77. The Labute approximate surface area is 134 Å². The topological polar surface area (TPSA) is 46.9 Å². The summed E-state index contributed by atoms with van der Waals surface area (Å²) in [6, 6.07) is 18.1. The van der Waals surface area contributed by atoms with E-state index in [1.54, 1.807) is 6.20 Å². The van der Waals surface area contributed by atoms with Crippen LogP contribution in [0.5, 0.6) is 0 Å². The number of carbonyl (C=O) groups is 1. The largest absolute Gasteiger partial charge is 0.351 e. The van der Waals surface area contributed by atoms with Gasteiger partial charge in [-0.1, -0.05) is 36.4 Å². The number of rotatable bonds is 4. The van der Waals surface area contributed by atoms with E-state index in [4.69, 9.17) is 0 Å². The Morgan fingerprint density at radius 3 is 2.70 bits per heavy atom. The van der Waals surface area contributed by atoms with Crippen LogP contribution in [0.2, 0.25) is 0 Å². The van der Waals surface area contributed by atoms with Crippen LogP contribution in [-0.4, -0.2) is 15.7 Å². The summed E-state index contributed by atoms with van der Waals surface area (Å²) in [5, 5.41) is 7.24. The fraction of sp³-hybridized carbons (Fsp3) is 0.158. The minimum absolute atomic E-state index is 0.00884. The van der Waals surface area contributed by atoms with Crippen molar-refractivity contribution in [2.24, 2.45) is 0 Å². The molecule has 1 aliphatic carbocycles. The third-order valence-electron chi connectivity index (χ3n) is 4.34. The van der Waals surface area contributed by atoms with Crippen LogP contribution in [0.1, 0.15) is 22.6 Å². The van der Waals surface area contributed by atoms with Crippen LogP contribution >= 0.6 is 0 Å². The highest BCUT2D eigenvalue weighted by molar-refractivity contribution is 5.86. The number of aromatic nitrogens is 2. The van der Waals surface area contributed by atoms with Crippen LogP contribution in [0.3, 0.4) is 0 Å². The standard InChI is InChI=1S/C19H17N3O/c23-19(18-12-15-4-1-2-5-17(15)18)20-13-14-6-8-16(9-7-14)22-11-3-10-21-22/h1-11,18H,12-13H2,(H,20,23). The van der Waals surface area contributed by atoms with Gasteiger partial charge in [-0.25, -0.2) is 4.68 Å². The number of nitrogens with zero attached hydrogens (tertiary/aromatic N) is 2. The van der Waals surface area contributed by atoms with Gasteiger partial charge < -0.3 is 5.32 Å². The lowest BCUT2D eigenvalue weighted by Gasteiger charge is -2.28. The Morgan fingerprint density at radius 2 is 1.96 bits per heavy atom. The zero-order valence-electron chi connectivity index (χ0n) is 12.6. The SMILES string of the molecule is O=C(NCc1ccc(-n2cccn2)cc1)C1Cc2ccccc21. The molecular weight excluding hydrogens is 286 g/mol. The average molecular weight is 303 g/mol. The molecule has 1 N–H and O–H groups in total. The van der Waals surface area contributed by atoms with E-state index in [2.05, 4.69) is 16.5 Å². The fourth-order valence-corrected chi connectivity index (χ4v) is 2.99. The molecule has 0 spiro atoms. The number of amides is 1. The predicted octanol–water partition coefficient (Wildman–Crippen LogP) is 2.83. The molecule has 1 amide bonds. The molecule has 1 unspecified atom stereocenters. The molecule has 4 nitrogen and oxygen atoms in total. The molecule has 114 valence electrons. The van der Waals surface area contributed by atoms with Gasteiger partial charge in [0.25, 0.3) is 0 Å². The summed E-state index contributed by atoms with van der Waals surface area (Å²) in [7, 11) is 0. The monoisotopic (exact) mass is 303 g/mol. The number of nitrogens with one attached hydrogen (secondary N) is 1. The molecule has 1 aromatic heterocycles. The summed E-state index contributed by atoms with van der Waals surface area (Å²) in [4.78, 5) is 12.3. The van der Waals surface area contributed by atoms with E-state index in [1.807, 2.05) is 59.4 Å². The van der Waals surface area contributed by atoms with Gasteiger partial charge in [-0.3, -0.25) is 4.79 Å². The smallest absolute Gasteiger partial charge is 0.228 e. The van der Waals surface area contributed by atoms with Crippen LogP contribution in [0, 0.1) is 0 Å². The van der Waals surface area contributed by atoms with Gasteiger partial charge in [0, 0.05) is 18.9 Å². The first-order valence-corrected chi connectivity index (χ1v) is 7.76. The average Bonchev–Trinajstić information content (AvgIpc) is 3.09. The molecule has 0 aliphatic heterocycles. The molecule has 4 rings (SSSR count). The number of hydrogen-bond donors (Lipinski definition) is 1. The molecule has 4 heteroatoms. The highest BCUT2D eigenvalue weighted by Crippen LogP contribution is 2.34. The molecular formula is C19H17N3O. The first-order chi connectivity index (χ1) is 11.3. The molecule has 1 atom stereocenters. The van der Waals surface area contributed by atoms with Gasteiger partial charge in [0.2, 0.25) is 5.91 Å². The fourth-order valence-electron chi connectivity index (χ4n) is 2.99. The van der Waals surface area contributed by atoms with Gasteiger partial charge in [-0.05, 0) is 41.3 Å². The summed E-state index contributed by atoms with van der Waals surface area (Å²) < 4.78 is 1.81. The van der Waals surface area contributed by atoms with E-state index in [0.29, 0.717) is 6.54 Å². The number of carbonyl (C=O) groups excluding carboxylic acids is 1. The number of fused-ring (bicyclic) bond motifs is 1. The highest BCUT2D eigenvalue weighted by Gasteiger charge is 2.31. The molecule has 0 radical (unpaired) electrons. The first kappa shape index (κ1) is 13.8. The van der Waals surface area contributed by atoms with Crippen LogP contribution in [0.25, 0.3) is 5.69 Å². The molecule has 1 aliphatic rings. The minimum Gasteiger partial charge on any atom is -0.351 e. The molecule has 3 aromatic rings. The van der Waals surface area contributed by atoms with Crippen molar-refractivity contribution in [1.82, 2.24) is 15.1 Å². The number of benzene rings is 2. The van der Waals surface area contributed by atoms with Crippen molar-refractivity contribution in [2.75, 3.05) is 0 Å². The van der Waals surface area contributed by atoms with Crippen molar-refractivity contribution >= 4 is 5.91 Å². The van der Waals surface area contributed by atoms with Crippen molar-refractivity contribution in [3.05, 3.63) is 83.7 Å². The van der Waals surface area contributed by atoms with Crippen molar-refractivity contribution in [1.29, 1.82) is 0 Å².